The number of sulfonamides is 1. The predicted molar refractivity (Wildman–Crippen MR) is 142 cm³/mol. The van der Waals surface area contributed by atoms with Gasteiger partial charge in [-0.25, -0.2) is 13.1 Å². The molecule has 2 aromatic rings. The van der Waals surface area contributed by atoms with E-state index < -0.39 is 21.8 Å². The Bertz CT molecular complexity index is 1140. The van der Waals surface area contributed by atoms with Crippen LogP contribution in [-0.2, 0) is 16.2 Å². The Morgan fingerprint density at radius 2 is 1.76 bits per heavy atom. The lowest BCUT2D eigenvalue weighted by atomic mass is 9.72. The summed E-state index contributed by atoms with van der Waals surface area (Å²) in [6.45, 7) is 5.07. The third-order valence-electron chi connectivity index (χ3n) is 7.72. The van der Waals surface area contributed by atoms with E-state index in [1.165, 1.54) is 6.07 Å². The van der Waals surface area contributed by atoms with E-state index in [4.69, 9.17) is 0 Å². The molecule has 37 heavy (non-hydrogen) atoms. The highest BCUT2D eigenvalue weighted by molar-refractivity contribution is 7.89. The maximum absolute atomic E-state index is 13.5. The predicted octanol–water partition coefficient (Wildman–Crippen LogP) is 6.07. The molecule has 204 valence electrons. The lowest BCUT2D eigenvalue weighted by Gasteiger charge is -2.41. The van der Waals surface area contributed by atoms with Crippen LogP contribution in [-0.4, -0.2) is 33.3 Å². The van der Waals surface area contributed by atoms with Crippen LogP contribution in [0.2, 0.25) is 0 Å². The fourth-order valence-corrected chi connectivity index (χ4v) is 6.96. The van der Waals surface area contributed by atoms with Crippen LogP contribution in [0.5, 0.6) is 0 Å². The van der Waals surface area contributed by atoms with Crippen LogP contribution in [0.4, 0.5) is 18.9 Å². The molecule has 0 radical (unpaired) electrons. The van der Waals surface area contributed by atoms with Gasteiger partial charge in [0.15, 0.2) is 0 Å². The first kappa shape index (κ1) is 27.9. The highest BCUT2D eigenvalue weighted by atomic mass is 32.2. The zero-order valence-corrected chi connectivity index (χ0v) is 22.3. The van der Waals surface area contributed by atoms with E-state index in [0.29, 0.717) is 25.6 Å². The van der Waals surface area contributed by atoms with E-state index in [2.05, 4.69) is 27.5 Å². The Morgan fingerprint density at radius 1 is 1.03 bits per heavy atom. The van der Waals surface area contributed by atoms with Gasteiger partial charge < -0.3 is 10.6 Å². The number of halogens is 3. The van der Waals surface area contributed by atoms with Gasteiger partial charge in [-0.15, -0.1) is 0 Å². The molecule has 0 spiro atoms. The van der Waals surface area contributed by atoms with E-state index in [-0.39, 0.29) is 29.5 Å². The molecule has 0 bridgehead atoms. The summed E-state index contributed by atoms with van der Waals surface area (Å²) in [5.74, 6) is 0.340. The highest BCUT2D eigenvalue weighted by Gasteiger charge is 2.41. The number of hydrogen-bond donors (Lipinski definition) is 3. The van der Waals surface area contributed by atoms with Gasteiger partial charge in [-0.2, -0.15) is 13.2 Å². The van der Waals surface area contributed by atoms with E-state index in [9.17, 15) is 21.6 Å². The van der Waals surface area contributed by atoms with Crippen molar-refractivity contribution in [1.29, 1.82) is 0 Å². The molecule has 4 atom stereocenters. The van der Waals surface area contributed by atoms with Crippen molar-refractivity contribution in [2.45, 2.75) is 70.1 Å². The van der Waals surface area contributed by atoms with Gasteiger partial charge in [-0.1, -0.05) is 44.2 Å². The van der Waals surface area contributed by atoms with Crippen LogP contribution < -0.4 is 15.4 Å². The lowest BCUT2D eigenvalue weighted by molar-refractivity contribution is -0.137. The zero-order valence-electron chi connectivity index (χ0n) is 21.5. The van der Waals surface area contributed by atoms with Crippen molar-refractivity contribution in [1.82, 2.24) is 10.0 Å². The Balaban J connectivity index is 1.49. The molecule has 1 fully saturated rings. The van der Waals surface area contributed by atoms with Crippen molar-refractivity contribution in [2.75, 3.05) is 24.2 Å². The van der Waals surface area contributed by atoms with Crippen molar-refractivity contribution in [3.63, 3.8) is 0 Å². The van der Waals surface area contributed by atoms with Gasteiger partial charge in [-0.05, 0) is 85.7 Å². The average molecular weight is 538 g/mol. The lowest BCUT2D eigenvalue weighted by Crippen LogP contribution is -2.33. The van der Waals surface area contributed by atoms with E-state index in [1.54, 1.807) is 6.07 Å². The van der Waals surface area contributed by atoms with Gasteiger partial charge in [0.05, 0.1) is 17.4 Å². The summed E-state index contributed by atoms with van der Waals surface area (Å²) in [6, 6.07) is 14.4. The quantitative estimate of drug-likeness (QED) is 0.340. The summed E-state index contributed by atoms with van der Waals surface area (Å²) in [5, 5.41) is 6.77. The summed E-state index contributed by atoms with van der Waals surface area (Å²) in [5.41, 5.74) is 1.99. The average Bonchev–Trinajstić information content (AvgIpc) is 3.08. The van der Waals surface area contributed by atoms with Crippen LogP contribution in [0.15, 0.2) is 48.5 Å². The van der Waals surface area contributed by atoms with Crippen molar-refractivity contribution >= 4 is 15.7 Å². The Hall–Kier alpha value is -2.10. The molecule has 0 amide bonds. The van der Waals surface area contributed by atoms with Crippen molar-refractivity contribution in [3.8, 4) is 0 Å². The van der Waals surface area contributed by atoms with Crippen LogP contribution in [0.3, 0.4) is 0 Å². The molecular weight excluding hydrogens is 499 g/mol. The molecule has 0 unspecified atom stereocenters. The van der Waals surface area contributed by atoms with Crippen molar-refractivity contribution in [2.24, 2.45) is 11.8 Å². The normalized spacial score (nSPS) is 24.2. The Kier molecular flexibility index (Phi) is 8.86. The number of hydrogen-bond acceptors (Lipinski definition) is 4. The standard InChI is InChI=1S/C28H38F3N3O2S/c1-19(2)32-15-6-16-37(35,36)33-18-20-9-12-23-24(13-10-20)27(21-7-4-3-5-8-21)34-26-14-11-22(17-25(23)26)28(29,30)31/h3-5,7-8,11,14,17,19-20,23-24,27,32-34H,6,9-10,12-13,15-16,18H2,1-2H3/t20-,23+,24-,27+/m1/s1. The first-order chi connectivity index (χ1) is 17.5. The molecule has 4 rings (SSSR count). The monoisotopic (exact) mass is 537 g/mol. The van der Waals surface area contributed by atoms with Gasteiger partial charge in [0.25, 0.3) is 0 Å². The first-order valence-corrected chi connectivity index (χ1v) is 14.9. The minimum atomic E-state index is -4.39. The maximum Gasteiger partial charge on any atom is 0.416 e. The number of alkyl halides is 3. The molecule has 3 N–H and O–H groups in total. The fourth-order valence-electron chi connectivity index (χ4n) is 5.80. The number of nitrogens with one attached hydrogen (secondary N) is 3. The minimum absolute atomic E-state index is 0.000615. The first-order valence-electron chi connectivity index (χ1n) is 13.3. The van der Waals surface area contributed by atoms with Gasteiger partial charge in [0.1, 0.15) is 0 Å². The molecule has 2 aliphatic rings. The van der Waals surface area contributed by atoms with E-state index >= 15 is 0 Å². The molecule has 1 aliphatic carbocycles. The molecule has 1 saturated carbocycles. The number of rotatable bonds is 9. The molecule has 5 nitrogen and oxygen atoms in total. The number of anilines is 1. The van der Waals surface area contributed by atoms with Crippen LogP contribution >= 0.6 is 0 Å². The minimum Gasteiger partial charge on any atom is -0.378 e. The van der Waals surface area contributed by atoms with Crippen LogP contribution in [0, 0.1) is 11.8 Å². The van der Waals surface area contributed by atoms with Crippen LogP contribution in [0.1, 0.15) is 74.6 Å². The molecule has 1 heterocycles. The van der Waals surface area contributed by atoms with E-state index in [1.807, 2.05) is 32.0 Å². The van der Waals surface area contributed by atoms with Gasteiger partial charge in [0, 0.05) is 18.3 Å². The van der Waals surface area contributed by atoms with E-state index in [0.717, 1.165) is 48.6 Å². The second-order valence-electron chi connectivity index (χ2n) is 10.8. The molecule has 0 aromatic heterocycles. The summed E-state index contributed by atoms with van der Waals surface area (Å²) in [7, 11) is -3.37. The second-order valence-corrected chi connectivity index (χ2v) is 12.7. The Morgan fingerprint density at radius 3 is 2.46 bits per heavy atom. The molecule has 1 aliphatic heterocycles. The molecule has 9 heteroatoms. The molecule has 2 aromatic carbocycles. The van der Waals surface area contributed by atoms with Gasteiger partial charge >= 0.3 is 6.18 Å². The summed E-state index contributed by atoms with van der Waals surface area (Å²) in [4.78, 5) is 0. The molecule has 0 saturated heterocycles. The SMILES string of the molecule is CC(C)NCCCS(=O)(=O)NC[C@H]1CC[C@@H]2[C@H](CC1)c1cc(C(F)(F)F)ccc1N[C@H]2c1ccccc1. The number of benzene rings is 2. The maximum atomic E-state index is 13.5. The largest absolute Gasteiger partial charge is 0.416 e. The fraction of sp³-hybridized carbons (Fsp3) is 0.571. The second kappa shape index (κ2) is 11.7. The van der Waals surface area contributed by atoms with Crippen molar-refractivity contribution < 1.29 is 21.6 Å². The van der Waals surface area contributed by atoms with Gasteiger partial charge in [-0.3, -0.25) is 0 Å². The Labute approximate surface area is 218 Å². The topological polar surface area (TPSA) is 70.2 Å². The zero-order chi connectivity index (χ0) is 26.6. The van der Waals surface area contributed by atoms with Gasteiger partial charge in [0.2, 0.25) is 10.0 Å². The molecular formula is C28H38F3N3O2S. The third-order valence-corrected chi connectivity index (χ3v) is 9.15. The third kappa shape index (κ3) is 7.27. The number of fused-ring (bicyclic) bond motifs is 3. The summed E-state index contributed by atoms with van der Waals surface area (Å²) in [6.07, 6.45) is -0.692. The highest BCUT2D eigenvalue weighted by Crippen LogP contribution is 2.52. The van der Waals surface area contributed by atoms with Crippen LogP contribution in [0.25, 0.3) is 0 Å². The van der Waals surface area contributed by atoms with Crippen molar-refractivity contribution in [3.05, 3.63) is 65.2 Å². The smallest absolute Gasteiger partial charge is 0.378 e. The summed E-state index contributed by atoms with van der Waals surface area (Å²) >= 11 is 0. The summed E-state index contributed by atoms with van der Waals surface area (Å²) < 4.78 is 68.5.